The summed E-state index contributed by atoms with van der Waals surface area (Å²) in [5.41, 5.74) is 0.414. The van der Waals surface area contributed by atoms with E-state index in [9.17, 15) is 9.59 Å². The van der Waals surface area contributed by atoms with Crippen LogP contribution < -0.4 is 0 Å². The van der Waals surface area contributed by atoms with Gasteiger partial charge in [0.25, 0.3) is 0 Å². The number of rotatable bonds is 4. The molecule has 0 fully saturated rings. The molecule has 0 saturated heterocycles. The maximum absolute atomic E-state index is 12.1. The average Bonchev–Trinajstić information content (AvgIpc) is 2.31. The number of ketones is 1. The molecule has 1 aromatic carbocycles. The molecule has 92 valence electrons. The highest BCUT2D eigenvalue weighted by atomic mass is 79.9. The highest BCUT2D eigenvalue weighted by molar-refractivity contribution is 9.10. The summed E-state index contributed by atoms with van der Waals surface area (Å²) in [4.78, 5) is 23.1. The minimum absolute atomic E-state index is 0.0537. The number of hydrogen-bond donors (Lipinski definition) is 0. The van der Waals surface area contributed by atoms with Gasteiger partial charge in [-0.05, 0) is 18.2 Å². The quantitative estimate of drug-likeness (QED) is 0.630. The molecular formula is C12H12BrClO3. The van der Waals surface area contributed by atoms with Crippen LogP contribution in [0.15, 0.2) is 22.7 Å². The lowest BCUT2D eigenvalue weighted by Gasteiger charge is -2.10. The smallest absolute Gasteiger partial charge is 0.306 e. The SMILES string of the molecule is COC(=O)CC(C)C(=O)c1cc(Br)ccc1Cl. The zero-order valence-corrected chi connectivity index (χ0v) is 11.8. The van der Waals surface area contributed by atoms with Crippen molar-refractivity contribution in [3.63, 3.8) is 0 Å². The Kier molecular flexibility index (Phi) is 5.15. The fourth-order valence-electron chi connectivity index (χ4n) is 1.38. The number of benzene rings is 1. The first-order chi connectivity index (χ1) is 7.95. The number of carbonyl (C=O) groups is 2. The molecule has 0 bridgehead atoms. The summed E-state index contributed by atoms with van der Waals surface area (Å²) in [5, 5.41) is 0.384. The highest BCUT2D eigenvalue weighted by Crippen LogP contribution is 2.24. The molecule has 0 aliphatic carbocycles. The first kappa shape index (κ1) is 14.2. The zero-order chi connectivity index (χ0) is 13.0. The van der Waals surface area contributed by atoms with Gasteiger partial charge in [-0.15, -0.1) is 0 Å². The second-order valence-electron chi connectivity index (χ2n) is 3.67. The van der Waals surface area contributed by atoms with Crippen molar-refractivity contribution in [1.29, 1.82) is 0 Å². The Bertz CT molecular complexity index is 445. The molecule has 5 heteroatoms. The molecule has 3 nitrogen and oxygen atoms in total. The lowest BCUT2D eigenvalue weighted by molar-refractivity contribution is -0.141. The van der Waals surface area contributed by atoms with Gasteiger partial charge in [0.1, 0.15) is 0 Å². The Morgan fingerprint density at radius 1 is 1.47 bits per heavy atom. The van der Waals surface area contributed by atoms with Crippen LogP contribution in [0.2, 0.25) is 5.02 Å². The predicted octanol–water partition coefficient (Wildman–Crippen LogP) is 3.48. The highest BCUT2D eigenvalue weighted by Gasteiger charge is 2.21. The summed E-state index contributed by atoms with van der Waals surface area (Å²) < 4.78 is 5.30. The van der Waals surface area contributed by atoms with Crippen molar-refractivity contribution in [2.24, 2.45) is 5.92 Å². The van der Waals surface area contributed by atoms with Crippen LogP contribution in [0.4, 0.5) is 0 Å². The number of methoxy groups -OCH3 is 1. The molecule has 1 atom stereocenters. The third-order valence-electron chi connectivity index (χ3n) is 2.34. The summed E-state index contributed by atoms with van der Waals surface area (Å²) in [6.45, 7) is 1.68. The van der Waals surface area contributed by atoms with Crippen LogP contribution in [0.3, 0.4) is 0 Å². The molecule has 1 aromatic rings. The van der Waals surface area contributed by atoms with E-state index in [1.54, 1.807) is 25.1 Å². The van der Waals surface area contributed by atoms with E-state index in [0.29, 0.717) is 10.6 Å². The third-order valence-corrected chi connectivity index (χ3v) is 3.16. The molecule has 1 rings (SSSR count). The molecule has 0 radical (unpaired) electrons. The monoisotopic (exact) mass is 318 g/mol. The number of hydrogen-bond acceptors (Lipinski definition) is 3. The van der Waals surface area contributed by atoms with Gasteiger partial charge in [0, 0.05) is 16.0 Å². The number of ether oxygens (including phenoxy) is 1. The fraction of sp³-hybridized carbons (Fsp3) is 0.333. The van der Waals surface area contributed by atoms with Crippen molar-refractivity contribution < 1.29 is 14.3 Å². The number of carbonyl (C=O) groups excluding carboxylic acids is 2. The molecule has 1 unspecified atom stereocenters. The second-order valence-corrected chi connectivity index (χ2v) is 4.99. The Balaban J connectivity index is 2.88. The number of esters is 1. The second kappa shape index (κ2) is 6.17. The fourth-order valence-corrected chi connectivity index (χ4v) is 1.95. The van der Waals surface area contributed by atoms with Crippen molar-refractivity contribution in [3.8, 4) is 0 Å². The van der Waals surface area contributed by atoms with Crippen LogP contribution in [0.25, 0.3) is 0 Å². The minimum atomic E-state index is -0.450. The van der Waals surface area contributed by atoms with E-state index in [0.717, 1.165) is 4.47 Å². The maximum atomic E-state index is 12.1. The first-order valence-electron chi connectivity index (χ1n) is 5.01. The zero-order valence-electron chi connectivity index (χ0n) is 9.50. The molecule has 0 aliphatic heterocycles. The summed E-state index contributed by atoms with van der Waals surface area (Å²) in [5.74, 6) is -1.02. The normalized spacial score (nSPS) is 12.0. The van der Waals surface area contributed by atoms with E-state index >= 15 is 0 Å². The lowest BCUT2D eigenvalue weighted by Crippen LogP contribution is -2.17. The molecular weight excluding hydrogens is 307 g/mol. The number of Topliss-reactive ketones (excluding diaryl/α,β-unsaturated/α-hetero) is 1. The molecule has 0 N–H and O–H groups in total. The molecule has 0 heterocycles. The Hall–Kier alpha value is -0.870. The topological polar surface area (TPSA) is 43.4 Å². The van der Waals surface area contributed by atoms with Crippen LogP contribution in [0.5, 0.6) is 0 Å². The van der Waals surface area contributed by atoms with Crippen LogP contribution in [0.1, 0.15) is 23.7 Å². The lowest BCUT2D eigenvalue weighted by atomic mass is 9.96. The Morgan fingerprint density at radius 3 is 2.71 bits per heavy atom. The largest absolute Gasteiger partial charge is 0.469 e. The summed E-state index contributed by atoms with van der Waals surface area (Å²) in [6, 6.07) is 5.05. The predicted molar refractivity (Wildman–Crippen MR) is 69.3 cm³/mol. The van der Waals surface area contributed by atoms with Crippen molar-refractivity contribution in [1.82, 2.24) is 0 Å². The molecule has 0 saturated carbocycles. The van der Waals surface area contributed by atoms with Crippen LogP contribution in [-0.2, 0) is 9.53 Å². The molecule has 17 heavy (non-hydrogen) atoms. The van der Waals surface area contributed by atoms with E-state index in [4.69, 9.17) is 11.6 Å². The standard InChI is InChI=1S/C12H12BrClO3/c1-7(5-11(15)17-2)12(16)9-6-8(13)3-4-10(9)14/h3-4,6-7H,5H2,1-2H3. The molecule has 0 spiro atoms. The van der Waals surface area contributed by atoms with Gasteiger partial charge in [-0.25, -0.2) is 0 Å². The summed E-state index contributed by atoms with van der Waals surface area (Å²) >= 11 is 9.22. The van der Waals surface area contributed by atoms with E-state index in [-0.39, 0.29) is 12.2 Å². The molecule has 0 aliphatic rings. The van der Waals surface area contributed by atoms with E-state index < -0.39 is 11.9 Å². The van der Waals surface area contributed by atoms with Gasteiger partial charge in [-0.2, -0.15) is 0 Å². The van der Waals surface area contributed by atoms with Gasteiger partial charge in [0.15, 0.2) is 5.78 Å². The summed E-state index contributed by atoms with van der Waals surface area (Å²) in [7, 11) is 1.30. The molecule has 0 amide bonds. The van der Waals surface area contributed by atoms with Crippen LogP contribution in [-0.4, -0.2) is 18.9 Å². The average molecular weight is 320 g/mol. The van der Waals surface area contributed by atoms with Gasteiger partial charge in [-0.3, -0.25) is 9.59 Å². The van der Waals surface area contributed by atoms with E-state index in [1.165, 1.54) is 7.11 Å². The van der Waals surface area contributed by atoms with Crippen LogP contribution in [0, 0.1) is 5.92 Å². The van der Waals surface area contributed by atoms with E-state index in [2.05, 4.69) is 20.7 Å². The van der Waals surface area contributed by atoms with Crippen molar-refractivity contribution in [2.75, 3.05) is 7.11 Å². The number of halogens is 2. The maximum Gasteiger partial charge on any atom is 0.306 e. The molecule has 0 aromatic heterocycles. The van der Waals surface area contributed by atoms with Gasteiger partial charge in [-0.1, -0.05) is 34.5 Å². The minimum Gasteiger partial charge on any atom is -0.469 e. The van der Waals surface area contributed by atoms with E-state index in [1.807, 2.05) is 0 Å². The van der Waals surface area contributed by atoms with Crippen molar-refractivity contribution in [3.05, 3.63) is 33.3 Å². The van der Waals surface area contributed by atoms with Crippen molar-refractivity contribution >= 4 is 39.3 Å². The first-order valence-corrected chi connectivity index (χ1v) is 6.19. The Morgan fingerprint density at radius 2 is 2.12 bits per heavy atom. The van der Waals surface area contributed by atoms with Gasteiger partial charge >= 0.3 is 5.97 Å². The van der Waals surface area contributed by atoms with Gasteiger partial charge < -0.3 is 4.74 Å². The Labute approximate surface area is 113 Å². The van der Waals surface area contributed by atoms with Crippen molar-refractivity contribution in [2.45, 2.75) is 13.3 Å². The van der Waals surface area contributed by atoms with Gasteiger partial charge in [0.05, 0.1) is 18.6 Å². The third kappa shape index (κ3) is 3.82. The summed E-state index contributed by atoms with van der Waals surface area (Å²) in [6.07, 6.45) is 0.0537. The van der Waals surface area contributed by atoms with Crippen LogP contribution >= 0.6 is 27.5 Å². The van der Waals surface area contributed by atoms with Gasteiger partial charge in [0.2, 0.25) is 0 Å².